The molecule has 0 aromatic heterocycles. The Morgan fingerprint density at radius 3 is 2.18 bits per heavy atom. The molecule has 1 aliphatic rings. The first-order chi connectivity index (χ1) is 10.4. The Morgan fingerprint density at radius 2 is 1.68 bits per heavy atom. The number of hydrogen-bond donors (Lipinski definition) is 0. The van der Waals surface area contributed by atoms with Crippen molar-refractivity contribution >= 4 is 5.97 Å². The lowest BCUT2D eigenvalue weighted by atomic mass is 9.87. The highest BCUT2D eigenvalue weighted by Crippen LogP contribution is 2.30. The zero-order valence-corrected chi connectivity index (χ0v) is 14.2. The minimum atomic E-state index is -0.0459. The highest BCUT2D eigenvalue weighted by atomic mass is 16.5. The molecule has 3 heteroatoms. The van der Waals surface area contributed by atoms with Crippen LogP contribution < -0.4 is 4.74 Å². The van der Waals surface area contributed by atoms with Crippen LogP contribution in [0, 0.1) is 5.92 Å². The summed E-state index contributed by atoms with van der Waals surface area (Å²) in [6.07, 6.45) is 3.79. The van der Waals surface area contributed by atoms with E-state index in [1.165, 1.54) is 5.56 Å². The van der Waals surface area contributed by atoms with E-state index in [-0.39, 0.29) is 23.4 Å². The van der Waals surface area contributed by atoms with Gasteiger partial charge in [-0.25, -0.2) is 0 Å². The van der Waals surface area contributed by atoms with Crippen molar-refractivity contribution in [3.8, 4) is 5.75 Å². The van der Waals surface area contributed by atoms with Crippen LogP contribution in [-0.2, 0) is 14.9 Å². The van der Waals surface area contributed by atoms with E-state index in [0.29, 0.717) is 6.61 Å². The predicted octanol–water partition coefficient (Wildman–Crippen LogP) is 4.48. The second-order valence-electron chi connectivity index (χ2n) is 7.12. The average Bonchev–Trinajstić information content (AvgIpc) is 2.48. The molecular weight excluding hydrogens is 276 g/mol. The molecule has 0 atom stereocenters. The van der Waals surface area contributed by atoms with Crippen LogP contribution in [0.4, 0.5) is 0 Å². The first kappa shape index (κ1) is 16.9. The highest BCUT2D eigenvalue weighted by molar-refractivity contribution is 5.72. The molecule has 2 rings (SSSR count). The summed E-state index contributed by atoms with van der Waals surface area (Å²) in [6, 6.07) is 8.38. The number of carbonyl (C=O) groups excluding carboxylic acids is 1. The van der Waals surface area contributed by atoms with Gasteiger partial charge in [0.2, 0.25) is 0 Å². The van der Waals surface area contributed by atoms with Crippen molar-refractivity contribution < 1.29 is 14.3 Å². The molecule has 0 spiro atoms. The van der Waals surface area contributed by atoms with Crippen LogP contribution >= 0.6 is 0 Å². The smallest absolute Gasteiger partial charge is 0.308 e. The Morgan fingerprint density at radius 1 is 1.09 bits per heavy atom. The average molecular weight is 304 g/mol. The zero-order chi connectivity index (χ0) is 16.2. The van der Waals surface area contributed by atoms with E-state index in [9.17, 15) is 4.79 Å². The molecule has 122 valence electrons. The fraction of sp³-hybridized carbons (Fsp3) is 0.632. The van der Waals surface area contributed by atoms with E-state index in [0.717, 1.165) is 31.4 Å². The summed E-state index contributed by atoms with van der Waals surface area (Å²) in [4.78, 5) is 11.7. The Kier molecular flexibility index (Phi) is 5.49. The summed E-state index contributed by atoms with van der Waals surface area (Å²) in [6.45, 7) is 8.95. The quantitative estimate of drug-likeness (QED) is 0.769. The molecule has 1 saturated carbocycles. The number of benzene rings is 1. The Bertz CT molecular complexity index is 476. The van der Waals surface area contributed by atoms with Crippen LogP contribution in [0.2, 0.25) is 0 Å². The Balaban J connectivity index is 1.84. The van der Waals surface area contributed by atoms with Crippen LogP contribution in [0.15, 0.2) is 24.3 Å². The third-order valence-corrected chi connectivity index (χ3v) is 4.32. The van der Waals surface area contributed by atoms with E-state index >= 15 is 0 Å². The number of rotatable bonds is 4. The molecule has 0 saturated heterocycles. The van der Waals surface area contributed by atoms with Gasteiger partial charge in [0.25, 0.3) is 0 Å². The highest BCUT2D eigenvalue weighted by Gasteiger charge is 2.28. The fourth-order valence-electron chi connectivity index (χ4n) is 2.90. The molecule has 1 fully saturated rings. The molecule has 0 radical (unpaired) electrons. The molecule has 0 N–H and O–H groups in total. The standard InChI is InChI=1S/C19H28O3/c1-5-21-18(20)14-6-10-16(11-7-14)22-17-12-8-15(9-13-17)19(2,3)4/h8-9,12-14,16H,5-7,10-11H2,1-4H3. The van der Waals surface area contributed by atoms with Gasteiger partial charge in [0.15, 0.2) is 0 Å². The summed E-state index contributed by atoms with van der Waals surface area (Å²) < 4.78 is 11.2. The molecule has 0 unspecified atom stereocenters. The number of esters is 1. The van der Waals surface area contributed by atoms with Crippen LogP contribution in [0.3, 0.4) is 0 Å². The van der Waals surface area contributed by atoms with Crippen LogP contribution in [0.5, 0.6) is 5.75 Å². The van der Waals surface area contributed by atoms with Gasteiger partial charge in [-0.05, 0) is 55.7 Å². The lowest BCUT2D eigenvalue weighted by molar-refractivity contribution is -0.149. The second-order valence-corrected chi connectivity index (χ2v) is 7.12. The lowest BCUT2D eigenvalue weighted by Gasteiger charge is -2.28. The summed E-state index contributed by atoms with van der Waals surface area (Å²) in [5.41, 5.74) is 1.47. The van der Waals surface area contributed by atoms with Crippen LogP contribution in [-0.4, -0.2) is 18.7 Å². The van der Waals surface area contributed by atoms with Crippen molar-refractivity contribution in [2.45, 2.75) is 64.9 Å². The van der Waals surface area contributed by atoms with Gasteiger partial charge in [0.1, 0.15) is 5.75 Å². The maximum absolute atomic E-state index is 11.7. The third-order valence-electron chi connectivity index (χ3n) is 4.32. The van der Waals surface area contributed by atoms with Gasteiger partial charge in [0, 0.05) is 0 Å². The third kappa shape index (κ3) is 4.49. The van der Waals surface area contributed by atoms with Crippen molar-refractivity contribution in [3.63, 3.8) is 0 Å². The number of carbonyl (C=O) groups is 1. The van der Waals surface area contributed by atoms with Crippen molar-refractivity contribution in [2.24, 2.45) is 5.92 Å². The Labute approximate surface area is 134 Å². The van der Waals surface area contributed by atoms with E-state index in [1.807, 2.05) is 6.92 Å². The second kappa shape index (κ2) is 7.17. The summed E-state index contributed by atoms with van der Waals surface area (Å²) in [5, 5.41) is 0. The van der Waals surface area contributed by atoms with Gasteiger partial charge >= 0.3 is 5.97 Å². The summed E-state index contributed by atoms with van der Waals surface area (Å²) in [5.74, 6) is 0.936. The first-order valence-electron chi connectivity index (χ1n) is 8.34. The minimum Gasteiger partial charge on any atom is -0.490 e. The largest absolute Gasteiger partial charge is 0.490 e. The molecule has 1 aromatic rings. The van der Waals surface area contributed by atoms with Gasteiger partial charge in [-0.3, -0.25) is 4.79 Å². The van der Waals surface area contributed by atoms with Gasteiger partial charge < -0.3 is 9.47 Å². The summed E-state index contributed by atoms with van der Waals surface area (Å²) >= 11 is 0. The molecular formula is C19H28O3. The van der Waals surface area contributed by atoms with Gasteiger partial charge in [0.05, 0.1) is 18.6 Å². The van der Waals surface area contributed by atoms with Gasteiger partial charge in [-0.2, -0.15) is 0 Å². The van der Waals surface area contributed by atoms with E-state index < -0.39 is 0 Å². The monoisotopic (exact) mass is 304 g/mol. The number of ether oxygens (including phenoxy) is 2. The molecule has 0 heterocycles. The van der Waals surface area contributed by atoms with Crippen LogP contribution in [0.25, 0.3) is 0 Å². The molecule has 0 aliphatic heterocycles. The molecule has 22 heavy (non-hydrogen) atoms. The van der Waals surface area contributed by atoms with Crippen molar-refractivity contribution in [3.05, 3.63) is 29.8 Å². The SMILES string of the molecule is CCOC(=O)C1CCC(Oc2ccc(C(C)(C)C)cc2)CC1. The van der Waals surface area contributed by atoms with Crippen molar-refractivity contribution in [1.29, 1.82) is 0 Å². The van der Waals surface area contributed by atoms with E-state index in [2.05, 4.69) is 45.0 Å². The lowest BCUT2D eigenvalue weighted by Crippen LogP contribution is -2.29. The van der Waals surface area contributed by atoms with E-state index in [1.54, 1.807) is 0 Å². The van der Waals surface area contributed by atoms with Gasteiger partial charge in [-0.15, -0.1) is 0 Å². The Hall–Kier alpha value is -1.51. The zero-order valence-electron chi connectivity index (χ0n) is 14.2. The molecule has 0 amide bonds. The summed E-state index contributed by atoms with van der Waals surface area (Å²) in [7, 11) is 0. The fourth-order valence-corrected chi connectivity index (χ4v) is 2.90. The minimum absolute atomic E-state index is 0.0459. The molecule has 3 nitrogen and oxygen atoms in total. The first-order valence-corrected chi connectivity index (χ1v) is 8.34. The van der Waals surface area contributed by atoms with Crippen LogP contribution in [0.1, 0.15) is 58.9 Å². The maximum atomic E-state index is 11.7. The molecule has 0 bridgehead atoms. The van der Waals surface area contributed by atoms with Crippen molar-refractivity contribution in [1.82, 2.24) is 0 Å². The van der Waals surface area contributed by atoms with E-state index in [4.69, 9.17) is 9.47 Å². The molecule has 1 aromatic carbocycles. The topological polar surface area (TPSA) is 35.5 Å². The number of hydrogen-bond acceptors (Lipinski definition) is 3. The predicted molar refractivity (Wildman–Crippen MR) is 88.1 cm³/mol. The molecule has 1 aliphatic carbocycles. The maximum Gasteiger partial charge on any atom is 0.308 e. The normalized spacial score (nSPS) is 22.2. The van der Waals surface area contributed by atoms with Gasteiger partial charge in [-0.1, -0.05) is 32.9 Å². The van der Waals surface area contributed by atoms with Crippen molar-refractivity contribution in [2.75, 3.05) is 6.61 Å².